The van der Waals surface area contributed by atoms with Crippen LogP contribution in [0.4, 0.5) is 5.82 Å². The predicted octanol–water partition coefficient (Wildman–Crippen LogP) is 8.02. The van der Waals surface area contributed by atoms with Gasteiger partial charge in [-0.3, -0.25) is 0 Å². The molecule has 0 bridgehead atoms. The van der Waals surface area contributed by atoms with Crippen LogP contribution in [0.5, 0.6) is 5.75 Å². The quantitative estimate of drug-likeness (QED) is 0.394. The SMILES string of the molecule is C=C(C)C1CC1.CCCCC.CNc1nc(COc2ccccc2)cc2ccccc12. The number of fused-ring (bicyclic) bond motifs is 1. The average molecular weight is 419 g/mol. The zero-order chi connectivity index (χ0) is 22.5. The second-order valence-corrected chi connectivity index (χ2v) is 8.01. The molecule has 166 valence electrons. The Balaban J connectivity index is 0.000000255. The third-order valence-corrected chi connectivity index (χ3v) is 5.14. The summed E-state index contributed by atoms with van der Waals surface area (Å²) in [6.07, 6.45) is 6.87. The standard InChI is InChI=1S/C17H16N2O.C6H10.C5H12/c1-18-17-16-10-6-5-7-13(16)11-14(19-17)12-20-15-8-3-2-4-9-15;1-5(2)6-3-4-6;1-3-5-4-2/h2-11H,12H2,1H3,(H,18,19);6H,1,3-4H2,2H3;3-5H2,1-2H3. The fraction of sp³-hybridized carbons (Fsp3) is 0.393. The molecular weight excluding hydrogens is 380 g/mol. The minimum Gasteiger partial charge on any atom is -0.487 e. The number of pyridine rings is 1. The average Bonchev–Trinajstić information content (AvgIpc) is 3.65. The van der Waals surface area contributed by atoms with Crippen molar-refractivity contribution in [3.63, 3.8) is 0 Å². The molecule has 1 heterocycles. The number of aromatic nitrogens is 1. The lowest BCUT2D eigenvalue weighted by Crippen LogP contribution is -2.02. The smallest absolute Gasteiger partial charge is 0.134 e. The second-order valence-electron chi connectivity index (χ2n) is 8.01. The summed E-state index contributed by atoms with van der Waals surface area (Å²) in [5.74, 6) is 2.65. The Morgan fingerprint density at radius 1 is 1.03 bits per heavy atom. The summed E-state index contributed by atoms with van der Waals surface area (Å²) in [6.45, 7) is 10.8. The Morgan fingerprint density at radius 3 is 2.19 bits per heavy atom. The van der Waals surface area contributed by atoms with Crippen molar-refractivity contribution >= 4 is 16.6 Å². The van der Waals surface area contributed by atoms with E-state index in [4.69, 9.17) is 4.74 Å². The van der Waals surface area contributed by atoms with Gasteiger partial charge >= 0.3 is 0 Å². The van der Waals surface area contributed by atoms with Crippen LogP contribution >= 0.6 is 0 Å². The van der Waals surface area contributed by atoms with Gasteiger partial charge in [-0.1, -0.05) is 87.7 Å². The molecule has 1 aromatic heterocycles. The first-order valence-corrected chi connectivity index (χ1v) is 11.5. The molecule has 1 aliphatic rings. The first-order valence-electron chi connectivity index (χ1n) is 11.5. The molecule has 0 aliphatic heterocycles. The fourth-order valence-corrected chi connectivity index (χ4v) is 3.12. The number of rotatable bonds is 7. The van der Waals surface area contributed by atoms with Crippen molar-refractivity contribution in [2.24, 2.45) is 5.92 Å². The van der Waals surface area contributed by atoms with E-state index in [2.05, 4.69) is 55.9 Å². The predicted molar refractivity (Wildman–Crippen MR) is 135 cm³/mol. The van der Waals surface area contributed by atoms with E-state index in [-0.39, 0.29) is 0 Å². The molecule has 31 heavy (non-hydrogen) atoms. The van der Waals surface area contributed by atoms with Gasteiger partial charge in [-0.05, 0) is 49.3 Å². The summed E-state index contributed by atoms with van der Waals surface area (Å²) in [5.41, 5.74) is 2.28. The third-order valence-electron chi connectivity index (χ3n) is 5.14. The molecule has 2 aromatic carbocycles. The van der Waals surface area contributed by atoms with Crippen LogP contribution in [0.2, 0.25) is 0 Å². The van der Waals surface area contributed by atoms with Gasteiger partial charge in [0.2, 0.25) is 0 Å². The van der Waals surface area contributed by atoms with Crippen LogP contribution in [0, 0.1) is 5.92 Å². The van der Waals surface area contributed by atoms with Gasteiger partial charge in [0.15, 0.2) is 0 Å². The molecule has 3 aromatic rings. The second kappa shape index (κ2) is 13.5. The van der Waals surface area contributed by atoms with Gasteiger partial charge in [-0.15, -0.1) is 0 Å². The molecule has 1 fully saturated rings. The highest BCUT2D eigenvalue weighted by molar-refractivity contribution is 5.92. The van der Waals surface area contributed by atoms with Gasteiger partial charge in [0.1, 0.15) is 18.2 Å². The maximum Gasteiger partial charge on any atom is 0.134 e. The van der Waals surface area contributed by atoms with Crippen molar-refractivity contribution in [3.05, 3.63) is 78.5 Å². The summed E-state index contributed by atoms with van der Waals surface area (Å²) in [6, 6.07) is 20.1. The molecule has 0 radical (unpaired) electrons. The van der Waals surface area contributed by atoms with Crippen molar-refractivity contribution < 1.29 is 4.74 Å². The Labute approximate surface area is 188 Å². The van der Waals surface area contributed by atoms with Crippen molar-refractivity contribution in [2.45, 2.75) is 59.5 Å². The fourth-order valence-electron chi connectivity index (χ4n) is 3.12. The third kappa shape index (κ3) is 8.84. The van der Waals surface area contributed by atoms with Crippen LogP contribution in [0.3, 0.4) is 0 Å². The number of ether oxygens (including phenoxy) is 1. The number of anilines is 1. The zero-order valence-electron chi connectivity index (χ0n) is 19.7. The van der Waals surface area contributed by atoms with Crippen molar-refractivity contribution in [3.8, 4) is 5.75 Å². The summed E-state index contributed by atoms with van der Waals surface area (Å²) in [7, 11) is 1.89. The molecule has 4 rings (SSSR count). The van der Waals surface area contributed by atoms with E-state index in [1.54, 1.807) is 0 Å². The number of benzene rings is 2. The molecule has 0 unspecified atom stereocenters. The number of nitrogens with zero attached hydrogens (tertiary/aromatic N) is 1. The van der Waals surface area contributed by atoms with Gasteiger partial charge in [-0.2, -0.15) is 0 Å². The lowest BCUT2D eigenvalue weighted by atomic mass is 10.1. The number of hydrogen-bond acceptors (Lipinski definition) is 3. The summed E-state index contributed by atoms with van der Waals surface area (Å²) in [5, 5.41) is 5.43. The molecule has 1 N–H and O–H groups in total. The van der Waals surface area contributed by atoms with Crippen LogP contribution < -0.4 is 10.1 Å². The Hall–Kier alpha value is -2.81. The Bertz CT molecular complexity index is 915. The molecule has 3 nitrogen and oxygen atoms in total. The van der Waals surface area contributed by atoms with Gasteiger partial charge in [0, 0.05) is 12.4 Å². The summed E-state index contributed by atoms with van der Waals surface area (Å²) >= 11 is 0. The first-order chi connectivity index (χ1) is 15.1. The lowest BCUT2D eigenvalue weighted by molar-refractivity contribution is 0.302. The monoisotopic (exact) mass is 418 g/mol. The highest BCUT2D eigenvalue weighted by Gasteiger charge is 2.20. The highest BCUT2D eigenvalue weighted by Crippen LogP contribution is 2.34. The minimum absolute atomic E-state index is 0.462. The van der Waals surface area contributed by atoms with E-state index >= 15 is 0 Å². The van der Waals surface area contributed by atoms with Crippen LogP contribution in [0.15, 0.2) is 72.8 Å². The van der Waals surface area contributed by atoms with Crippen LogP contribution in [0.25, 0.3) is 10.8 Å². The van der Waals surface area contributed by atoms with Gasteiger partial charge in [-0.25, -0.2) is 4.98 Å². The van der Waals surface area contributed by atoms with Crippen molar-refractivity contribution in [1.29, 1.82) is 0 Å². The number of allylic oxidation sites excluding steroid dienone is 1. The number of nitrogens with one attached hydrogen (secondary N) is 1. The minimum atomic E-state index is 0.462. The normalized spacial score (nSPS) is 12.1. The van der Waals surface area contributed by atoms with Crippen LogP contribution in [0.1, 0.15) is 58.6 Å². The zero-order valence-corrected chi connectivity index (χ0v) is 19.7. The van der Waals surface area contributed by atoms with Gasteiger partial charge in [0.05, 0.1) is 5.69 Å². The topological polar surface area (TPSA) is 34.2 Å². The van der Waals surface area contributed by atoms with Crippen molar-refractivity contribution in [1.82, 2.24) is 4.98 Å². The van der Waals surface area contributed by atoms with E-state index < -0.39 is 0 Å². The maximum atomic E-state index is 5.75. The molecule has 1 saturated carbocycles. The van der Waals surface area contributed by atoms with E-state index in [1.165, 1.54) is 43.1 Å². The molecular formula is C28H38N2O. The van der Waals surface area contributed by atoms with Gasteiger partial charge in [0.25, 0.3) is 0 Å². The van der Waals surface area contributed by atoms with Crippen molar-refractivity contribution in [2.75, 3.05) is 12.4 Å². The summed E-state index contributed by atoms with van der Waals surface area (Å²) in [4.78, 5) is 4.60. The maximum absolute atomic E-state index is 5.75. The summed E-state index contributed by atoms with van der Waals surface area (Å²) < 4.78 is 5.75. The van der Waals surface area contributed by atoms with Crippen LogP contribution in [-0.4, -0.2) is 12.0 Å². The highest BCUT2D eigenvalue weighted by atomic mass is 16.5. The molecule has 0 atom stereocenters. The molecule has 3 heteroatoms. The van der Waals surface area contributed by atoms with E-state index in [0.29, 0.717) is 6.61 Å². The van der Waals surface area contributed by atoms with Crippen LogP contribution in [-0.2, 0) is 6.61 Å². The Morgan fingerprint density at radius 2 is 1.68 bits per heavy atom. The molecule has 0 saturated heterocycles. The lowest BCUT2D eigenvalue weighted by Gasteiger charge is -2.10. The van der Waals surface area contributed by atoms with E-state index in [1.807, 2.05) is 49.5 Å². The Kier molecular flexibility index (Phi) is 10.6. The molecule has 0 spiro atoms. The van der Waals surface area contributed by atoms with Gasteiger partial charge < -0.3 is 10.1 Å². The van der Waals surface area contributed by atoms with E-state index in [9.17, 15) is 0 Å². The first kappa shape index (κ1) is 24.5. The largest absolute Gasteiger partial charge is 0.487 e. The number of unbranched alkanes of at least 4 members (excludes halogenated alkanes) is 2. The number of para-hydroxylation sites is 1. The molecule has 1 aliphatic carbocycles. The van der Waals surface area contributed by atoms with E-state index in [0.717, 1.165) is 28.6 Å². The molecule has 0 amide bonds. The number of hydrogen-bond donors (Lipinski definition) is 1.